The molecule has 3 heterocycles. The van der Waals surface area contributed by atoms with E-state index in [1.54, 1.807) is 19.0 Å². The van der Waals surface area contributed by atoms with E-state index in [4.69, 9.17) is 21.3 Å². The van der Waals surface area contributed by atoms with Crippen molar-refractivity contribution in [1.29, 1.82) is 0 Å². The van der Waals surface area contributed by atoms with E-state index < -0.39 is 0 Å². The quantitative estimate of drug-likeness (QED) is 0.680. The monoisotopic (exact) mass is 474 g/mol. The molecule has 1 saturated heterocycles. The van der Waals surface area contributed by atoms with Crippen molar-refractivity contribution in [2.45, 2.75) is 38.3 Å². The molecule has 0 aliphatic carbocycles. The largest absolute Gasteiger partial charge is 0.376 e. The zero-order chi connectivity index (χ0) is 22.8. The number of halogens is 1. The van der Waals surface area contributed by atoms with Gasteiger partial charge in [-0.3, -0.25) is 9.59 Å². The maximum atomic E-state index is 13.2. The second-order valence-corrected chi connectivity index (χ2v) is 9.53. The molecule has 3 aliphatic heterocycles. The van der Waals surface area contributed by atoms with Crippen LogP contribution in [0.15, 0.2) is 51.6 Å². The van der Waals surface area contributed by atoms with E-state index in [-0.39, 0.29) is 30.4 Å². The maximum Gasteiger partial charge on any atom is 0.253 e. The number of amidine groups is 1. The number of allylic oxidation sites excluding steroid dienone is 1. The molecule has 32 heavy (non-hydrogen) atoms. The molecule has 7 nitrogen and oxygen atoms in total. The number of rotatable bonds is 6. The van der Waals surface area contributed by atoms with E-state index in [0.29, 0.717) is 22.8 Å². The van der Waals surface area contributed by atoms with Crippen molar-refractivity contribution in [2.75, 3.05) is 27.2 Å². The standard InChI is InChI=1S/C23H27ClN4O3S/c1-14-20(22(30)27(2)3)21(15-6-8-16(24)9-7-15)28-17(13-32-23(28)26-14)11-19(29)25-12-18-5-4-10-31-18/h6-9,13,18,21H,4-5,10-12H2,1-3H3,(H,25,29)/t18-,21-/m1/s1. The third-order valence-corrected chi connectivity index (χ3v) is 6.86. The first-order valence-electron chi connectivity index (χ1n) is 10.6. The predicted molar refractivity (Wildman–Crippen MR) is 127 cm³/mol. The number of hydrogen-bond acceptors (Lipinski definition) is 6. The van der Waals surface area contributed by atoms with Crippen LogP contribution in [0.4, 0.5) is 0 Å². The van der Waals surface area contributed by atoms with Gasteiger partial charge in [-0.2, -0.15) is 0 Å². The molecule has 1 N–H and O–H groups in total. The molecule has 2 amide bonds. The number of carbonyl (C=O) groups is 2. The number of benzene rings is 1. The summed E-state index contributed by atoms with van der Waals surface area (Å²) in [6.07, 6.45) is 2.30. The molecule has 0 saturated carbocycles. The van der Waals surface area contributed by atoms with E-state index in [2.05, 4.69) is 5.32 Å². The molecule has 2 atom stereocenters. The third kappa shape index (κ3) is 4.72. The number of nitrogens with zero attached hydrogens (tertiary/aromatic N) is 3. The van der Waals surface area contributed by atoms with Crippen molar-refractivity contribution in [2.24, 2.45) is 4.99 Å². The predicted octanol–water partition coefficient (Wildman–Crippen LogP) is 3.69. The summed E-state index contributed by atoms with van der Waals surface area (Å²) in [6, 6.07) is 7.09. The minimum absolute atomic E-state index is 0.0739. The van der Waals surface area contributed by atoms with Crippen LogP contribution >= 0.6 is 23.4 Å². The molecule has 1 aromatic carbocycles. The average molecular weight is 475 g/mol. The van der Waals surface area contributed by atoms with Crippen LogP contribution in [0.25, 0.3) is 0 Å². The molecular formula is C23H27ClN4O3S. The fourth-order valence-electron chi connectivity index (χ4n) is 4.10. The van der Waals surface area contributed by atoms with Crippen molar-refractivity contribution < 1.29 is 14.3 Å². The normalized spacial score (nSPS) is 22.4. The number of thioether (sulfide) groups is 1. The van der Waals surface area contributed by atoms with Crippen LogP contribution in [0.5, 0.6) is 0 Å². The Balaban J connectivity index is 1.61. The lowest BCUT2D eigenvalue weighted by molar-refractivity contribution is -0.125. The molecular weight excluding hydrogens is 448 g/mol. The van der Waals surface area contributed by atoms with Gasteiger partial charge in [-0.05, 0) is 42.9 Å². The Labute approximate surface area is 197 Å². The zero-order valence-electron chi connectivity index (χ0n) is 18.4. The van der Waals surface area contributed by atoms with Gasteiger partial charge >= 0.3 is 0 Å². The van der Waals surface area contributed by atoms with Gasteiger partial charge in [-0.25, -0.2) is 4.99 Å². The maximum absolute atomic E-state index is 13.2. The number of hydrogen-bond donors (Lipinski definition) is 1. The van der Waals surface area contributed by atoms with Crippen molar-refractivity contribution in [1.82, 2.24) is 15.1 Å². The van der Waals surface area contributed by atoms with Crippen molar-refractivity contribution >= 4 is 40.3 Å². The molecule has 170 valence electrons. The lowest BCUT2D eigenvalue weighted by Gasteiger charge is -2.37. The topological polar surface area (TPSA) is 74.2 Å². The van der Waals surface area contributed by atoms with E-state index >= 15 is 0 Å². The number of amides is 2. The van der Waals surface area contributed by atoms with E-state index in [0.717, 1.165) is 35.9 Å². The van der Waals surface area contributed by atoms with Crippen LogP contribution < -0.4 is 5.32 Å². The van der Waals surface area contributed by atoms with Crippen LogP contribution in [-0.2, 0) is 14.3 Å². The van der Waals surface area contributed by atoms with Crippen LogP contribution in [-0.4, -0.2) is 60.1 Å². The highest BCUT2D eigenvalue weighted by Crippen LogP contribution is 2.45. The molecule has 0 unspecified atom stereocenters. The van der Waals surface area contributed by atoms with Gasteiger partial charge in [0.25, 0.3) is 5.91 Å². The summed E-state index contributed by atoms with van der Waals surface area (Å²) in [7, 11) is 3.46. The summed E-state index contributed by atoms with van der Waals surface area (Å²) < 4.78 is 5.60. The van der Waals surface area contributed by atoms with Crippen molar-refractivity contribution in [3.8, 4) is 0 Å². The SMILES string of the molecule is CC1=C(C(=O)N(C)C)[C@@H](c2ccc(Cl)cc2)N2C(CC(=O)NC[C@H]3CCCO3)=CSC2=N1. The van der Waals surface area contributed by atoms with Crippen molar-refractivity contribution in [3.05, 3.63) is 57.2 Å². The highest BCUT2D eigenvalue weighted by molar-refractivity contribution is 8.16. The Morgan fingerprint density at radius 1 is 1.31 bits per heavy atom. The molecule has 0 bridgehead atoms. The smallest absolute Gasteiger partial charge is 0.253 e. The zero-order valence-corrected chi connectivity index (χ0v) is 20.0. The van der Waals surface area contributed by atoms with Crippen LogP contribution in [0.3, 0.4) is 0 Å². The van der Waals surface area contributed by atoms with Gasteiger partial charge in [0, 0.05) is 38.0 Å². The summed E-state index contributed by atoms with van der Waals surface area (Å²) in [4.78, 5) is 34.1. The summed E-state index contributed by atoms with van der Waals surface area (Å²) >= 11 is 7.59. The van der Waals surface area contributed by atoms with Crippen LogP contribution in [0.2, 0.25) is 5.02 Å². The Bertz CT molecular complexity index is 997. The first-order valence-corrected chi connectivity index (χ1v) is 11.9. The van der Waals surface area contributed by atoms with E-state index in [1.807, 2.05) is 41.5 Å². The number of likely N-dealkylation sites (N-methyl/N-ethyl adjacent to an activating group) is 1. The highest BCUT2D eigenvalue weighted by Gasteiger charge is 2.40. The Kier molecular flexibility index (Phi) is 6.93. The number of nitrogens with one attached hydrogen (secondary N) is 1. The van der Waals surface area contributed by atoms with Gasteiger partial charge in [0.2, 0.25) is 5.91 Å². The minimum Gasteiger partial charge on any atom is -0.376 e. The van der Waals surface area contributed by atoms with Gasteiger partial charge in [0.05, 0.1) is 29.8 Å². The minimum atomic E-state index is -0.387. The first kappa shape index (κ1) is 22.9. The lowest BCUT2D eigenvalue weighted by atomic mass is 9.93. The number of carbonyl (C=O) groups excluding carboxylic acids is 2. The Hall–Kier alpha value is -2.29. The molecule has 3 aliphatic rings. The van der Waals surface area contributed by atoms with Crippen LogP contribution in [0, 0.1) is 0 Å². The molecule has 4 rings (SSSR count). The summed E-state index contributed by atoms with van der Waals surface area (Å²) in [6.45, 7) is 3.13. The fourth-order valence-corrected chi connectivity index (χ4v) is 5.19. The highest BCUT2D eigenvalue weighted by atomic mass is 35.5. The van der Waals surface area contributed by atoms with Crippen LogP contribution in [0.1, 0.15) is 37.8 Å². The summed E-state index contributed by atoms with van der Waals surface area (Å²) in [5.74, 6) is -0.181. The lowest BCUT2D eigenvalue weighted by Crippen LogP contribution is -2.40. The van der Waals surface area contributed by atoms with Crippen molar-refractivity contribution in [3.63, 3.8) is 0 Å². The van der Waals surface area contributed by atoms with E-state index in [1.165, 1.54) is 11.8 Å². The van der Waals surface area contributed by atoms with Gasteiger partial charge in [0.15, 0.2) is 5.17 Å². The Morgan fingerprint density at radius 3 is 2.72 bits per heavy atom. The molecule has 1 aromatic rings. The first-order chi connectivity index (χ1) is 15.3. The van der Waals surface area contributed by atoms with Gasteiger partial charge in [-0.1, -0.05) is 35.5 Å². The van der Waals surface area contributed by atoms with Gasteiger partial charge < -0.3 is 19.9 Å². The molecule has 0 spiro atoms. The Morgan fingerprint density at radius 2 is 2.06 bits per heavy atom. The van der Waals surface area contributed by atoms with Gasteiger partial charge in [-0.15, -0.1) is 0 Å². The summed E-state index contributed by atoms with van der Waals surface area (Å²) in [5.41, 5.74) is 3.00. The molecule has 0 radical (unpaired) electrons. The fraction of sp³-hybridized carbons (Fsp3) is 0.435. The number of aliphatic imine (C=N–C) groups is 1. The van der Waals surface area contributed by atoms with Gasteiger partial charge in [0.1, 0.15) is 0 Å². The van der Waals surface area contributed by atoms with E-state index in [9.17, 15) is 9.59 Å². The molecule has 0 aromatic heterocycles. The molecule has 1 fully saturated rings. The number of fused-ring (bicyclic) bond motifs is 1. The number of ether oxygens (including phenoxy) is 1. The third-order valence-electron chi connectivity index (χ3n) is 5.72. The molecule has 9 heteroatoms. The second-order valence-electron chi connectivity index (χ2n) is 8.26. The summed E-state index contributed by atoms with van der Waals surface area (Å²) in [5, 5.41) is 6.32. The average Bonchev–Trinajstić information content (AvgIpc) is 3.41. The second kappa shape index (κ2) is 9.68.